The largest absolute Gasteiger partial charge is 0.495 e. The second-order valence-electron chi connectivity index (χ2n) is 10.8. The number of anilines is 1. The van der Waals surface area contributed by atoms with E-state index in [1.165, 1.54) is 36.3 Å². The monoisotopic (exact) mass is 653 g/mol. The Hall–Kier alpha value is -2.98. The first-order chi connectivity index (χ1) is 19.5. The number of carbonyl (C=O) groups excluding carboxylic acids is 2. The average molecular weight is 655 g/mol. The van der Waals surface area contributed by atoms with Gasteiger partial charge in [-0.2, -0.15) is 0 Å². The number of hydrogen-bond donors (Lipinski definition) is 1. The number of amides is 2. The zero-order chi connectivity index (χ0) is 31.4. The SMILES string of the molecule is COc1ccc(Cl)cc1N(CC(=O)N(Cc1ccc(Cl)c(Cl)c1)[C@H](C)C(=O)NC(C)(C)C)S(=O)(=O)c1ccc(C)cc1. The van der Waals surface area contributed by atoms with Crippen molar-refractivity contribution in [3.05, 3.63) is 86.9 Å². The summed E-state index contributed by atoms with van der Waals surface area (Å²) in [5.74, 6) is -0.864. The van der Waals surface area contributed by atoms with Crippen molar-refractivity contribution in [3.63, 3.8) is 0 Å². The van der Waals surface area contributed by atoms with Gasteiger partial charge in [0.25, 0.3) is 10.0 Å². The van der Waals surface area contributed by atoms with Crippen LogP contribution in [0.2, 0.25) is 15.1 Å². The third kappa shape index (κ3) is 8.31. The van der Waals surface area contributed by atoms with E-state index in [9.17, 15) is 18.0 Å². The van der Waals surface area contributed by atoms with Crippen molar-refractivity contribution >= 4 is 62.3 Å². The summed E-state index contributed by atoms with van der Waals surface area (Å²) < 4.78 is 34.5. The minimum Gasteiger partial charge on any atom is -0.495 e. The van der Waals surface area contributed by atoms with Crippen LogP contribution >= 0.6 is 34.8 Å². The van der Waals surface area contributed by atoms with Gasteiger partial charge in [-0.3, -0.25) is 13.9 Å². The highest BCUT2D eigenvalue weighted by Gasteiger charge is 2.34. The topological polar surface area (TPSA) is 96.0 Å². The van der Waals surface area contributed by atoms with E-state index in [1.807, 2.05) is 27.7 Å². The van der Waals surface area contributed by atoms with Gasteiger partial charge in [0.15, 0.2) is 0 Å². The number of sulfonamides is 1. The predicted molar refractivity (Wildman–Crippen MR) is 168 cm³/mol. The smallest absolute Gasteiger partial charge is 0.264 e. The maximum atomic E-state index is 14.1. The number of methoxy groups -OCH3 is 1. The van der Waals surface area contributed by atoms with E-state index in [1.54, 1.807) is 43.3 Å². The molecule has 1 atom stereocenters. The number of halogens is 3. The molecule has 0 spiro atoms. The maximum absolute atomic E-state index is 14.1. The molecule has 0 aliphatic carbocycles. The molecule has 0 saturated carbocycles. The molecule has 8 nitrogen and oxygen atoms in total. The van der Waals surface area contributed by atoms with Gasteiger partial charge in [-0.25, -0.2) is 8.42 Å². The summed E-state index contributed by atoms with van der Waals surface area (Å²) in [6, 6.07) is 14.6. The Kier molecular flexibility index (Phi) is 10.8. The Morgan fingerprint density at radius 2 is 1.60 bits per heavy atom. The first-order valence-electron chi connectivity index (χ1n) is 13.0. The summed E-state index contributed by atoms with van der Waals surface area (Å²) in [6.45, 7) is 8.19. The highest BCUT2D eigenvalue weighted by molar-refractivity contribution is 7.92. The minimum atomic E-state index is -4.30. The second-order valence-corrected chi connectivity index (χ2v) is 13.9. The number of nitrogens with one attached hydrogen (secondary N) is 1. The third-order valence-electron chi connectivity index (χ3n) is 6.30. The summed E-state index contributed by atoms with van der Waals surface area (Å²) >= 11 is 18.6. The number of benzene rings is 3. The standard InChI is InChI=1S/C30H34Cl3N3O5S/c1-19-7-11-23(12-8-19)42(39,40)36(26-16-22(31)10-14-27(26)41-6)18-28(37)35(20(2)29(38)34-30(3,4)5)17-21-9-13-24(32)25(33)15-21/h7-16,20H,17-18H2,1-6H3,(H,34,38)/t20-/m1/s1. The lowest BCUT2D eigenvalue weighted by molar-refractivity contribution is -0.140. The van der Waals surface area contributed by atoms with Crippen LogP contribution < -0.4 is 14.4 Å². The molecule has 0 saturated heterocycles. The molecule has 0 unspecified atom stereocenters. The summed E-state index contributed by atoms with van der Waals surface area (Å²) in [5.41, 5.74) is 0.962. The summed E-state index contributed by atoms with van der Waals surface area (Å²) in [5, 5.41) is 3.74. The fourth-order valence-corrected chi connectivity index (χ4v) is 6.00. The zero-order valence-electron chi connectivity index (χ0n) is 24.2. The van der Waals surface area contributed by atoms with Gasteiger partial charge in [-0.05, 0) is 82.6 Å². The summed E-state index contributed by atoms with van der Waals surface area (Å²) in [6.07, 6.45) is 0. The highest BCUT2D eigenvalue weighted by Crippen LogP contribution is 2.35. The number of hydrogen-bond acceptors (Lipinski definition) is 5. The molecular formula is C30H34Cl3N3O5S. The molecule has 12 heteroatoms. The van der Waals surface area contributed by atoms with Gasteiger partial charge in [0, 0.05) is 17.1 Å². The molecule has 0 heterocycles. The fourth-order valence-electron chi connectivity index (χ4n) is 4.10. The van der Waals surface area contributed by atoms with Crippen LogP contribution in [0, 0.1) is 6.92 Å². The van der Waals surface area contributed by atoms with Crippen molar-refractivity contribution in [2.24, 2.45) is 0 Å². The highest BCUT2D eigenvalue weighted by atomic mass is 35.5. The molecule has 0 radical (unpaired) electrons. The Balaban J connectivity index is 2.12. The van der Waals surface area contributed by atoms with Crippen LogP contribution in [0.3, 0.4) is 0 Å². The van der Waals surface area contributed by atoms with Crippen molar-refractivity contribution in [1.82, 2.24) is 10.2 Å². The van der Waals surface area contributed by atoms with E-state index in [0.717, 1.165) is 9.87 Å². The van der Waals surface area contributed by atoms with Gasteiger partial charge in [0.2, 0.25) is 11.8 Å². The lowest BCUT2D eigenvalue weighted by Gasteiger charge is -2.33. The first-order valence-corrected chi connectivity index (χ1v) is 15.6. The number of nitrogens with zero attached hydrogens (tertiary/aromatic N) is 2. The van der Waals surface area contributed by atoms with Crippen LogP contribution in [0.4, 0.5) is 5.69 Å². The average Bonchev–Trinajstić information content (AvgIpc) is 2.91. The van der Waals surface area contributed by atoms with E-state index in [2.05, 4.69) is 5.32 Å². The fraction of sp³-hybridized carbons (Fsp3) is 0.333. The van der Waals surface area contributed by atoms with Crippen LogP contribution in [0.25, 0.3) is 0 Å². The Morgan fingerprint density at radius 1 is 0.952 bits per heavy atom. The molecule has 1 N–H and O–H groups in total. The molecule has 3 aromatic rings. The molecule has 3 aromatic carbocycles. The molecule has 0 aliphatic rings. The number of ether oxygens (including phenoxy) is 1. The predicted octanol–water partition coefficient (Wildman–Crippen LogP) is 6.49. The quantitative estimate of drug-likeness (QED) is 0.270. The number of aryl methyl sites for hydroxylation is 1. The van der Waals surface area contributed by atoms with Crippen LogP contribution in [0.1, 0.15) is 38.8 Å². The van der Waals surface area contributed by atoms with Gasteiger partial charge in [0.05, 0.1) is 27.7 Å². The van der Waals surface area contributed by atoms with Crippen LogP contribution in [0.5, 0.6) is 5.75 Å². The summed E-state index contributed by atoms with van der Waals surface area (Å²) in [7, 11) is -2.91. The molecule has 3 rings (SSSR count). The first kappa shape index (κ1) is 33.5. The molecule has 0 aromatic heterocycles. The molecule has 2 amide bonds. The van der Waals surface area contributed by atoms with Crippen LogP contribution in [-0.4, -0.2) is 50.4 Å². The van der Waals surface area contributed by atoms with Crippen molar-refractivity contribution in [3.8, 4) is 5.75 Å². The van der Waals surface area contributed by atoms with Crippen molar-refractivity contribution in [1.29, 1.82) is 0 Å². The molecule has 0 fully saturated rings. The summed E-state index contributed by atoms with van der Waals surface area (Å²) in [4.78, 5) is 28.6. The minimum absolute atomic E-state index is 0.0301. The van der Waals surface area contributed by atoms with E-state index >= 15 is 0 Å². The van der Waals surface area contributed by atoms with Crippen LogP contribution in [-0.2, 0) is 26.2 Å². The zero-order valence-corrected chi connectivity index (χ0v) is 27.3. The lowest BCUT2D eigenvalue weighted by atomic mass is 10.1. The van der Waals surface area contributed by atoms with Crippen molar-refractivity contribution in [2.75, 3.05) is 18.0 Å². The van der Waals surface area contributed by atoms with E-state index in [-0.39, 0.29) is 32.9 Å². The number of carbonyl (C=O) groups is 2. The molecule has 226 valence electrons. The van der Waals surface area contributed by atoms with Gasteiger partial charge in [-0.15, -0.1) is 0 Å². The molecular weight excluding hydrogens is 621 g/mol. The molecule has 0 bridgehead atoms. The van der Waals surface area contributed by atoms with E-state index in [4.69, 9.17) is 39.5 Å². The Morgan fingerprint density at radius 3 is 2.17 bits per heavy atom. The normalized spacial score (nSPS) is 12.4. The van der Waals surface area contributed by atoms with Crippen molar-refractivity contribution < 1.29 is 22.7 Å². The van der Waals surface area contributed by atoms with E-state index in [0.29, 0.717) is 10.6 Å². The number of rotatable bonds is 10. The molecule has 0 aliphatic heterocycles. The third-order valence-corrected chi connectivity index (χ3v) is 9.05. The van der Waals surface area contributed by atoms with Crippen LogP contribution in [0.15, 0.2) is 65.6 Å². The Bertz CT molecular complexity index is 1560. The van der Waals surface area contributed by atoms with E-state index < -0.39 is 40.0 Å². The molecule has 42 heavy (non-hydrogen) atoms. The van der Waals surface area contributed by atoms with Crippen molar-refractivity contribution in [2.45, 2.75) is 57.6 Å². The second kappa shape index (κ2) is 13.5. The van der Waals surface area contributed by atoms with Gasteiger partial charge in [-0.1, -0.05) is 58.6 Å². The maximum Gasteiger partial charge on any atom is 0.264 e. The van der Waals surface area contributed by atoms with Gasteiger partial charge in [0.1, 0.15) is 18.3 Å². The van der Waals surface area contributed by atoms with Gasteiger partial charge >= 0.3 is 0 Å². The lowest BCUT2D eigenvalue weighted by Crippen LogP contribution is -2.54. The Labute approximate surface area is 262 Å². The van der Waals surface area contributed by atoms with Gasteiger partial charge < -0.3 is 15.0 Å².